The van der Waals surface area contributed by atoms with Gasteiger partial charge in [-0.3, -0.25) is 4.79 Å². The van der Waals surface area contributed by atoms with Gasteiger partial charge in [0.15, 0.2) is 0 Å². The van der Waals surface area contributed by atoms with Gasteiger partial charge in [-0.15, -0.1) is 0 Å². The summed E-state index contributed by atoms with van der Waals surface area (Å²) in [6, 6.07) is 0. The fourth-order valence-electron chi connectivity index (χ4n) is 2.28. The van der Waals surface area contributed by atoms with Gasteiger partial charge < -0.3 is 11.1 Å². The van der Waals surface area contributed by atoms with Crippen molar-refractivity contribution in [2.24, 2.45) is 16.8 Å². The van der Waals surface area contributed by atoms with Crippen molar-refractivity contribution in [1.82, 2.24) is 5.32 Å². The first-order valence-electron chi connectivity index (χ1n) is 5.81. The van der Waals surface area contributed by atoms with Crippen LogP contribution < -0.4 is 16.2 Å². The van der Waals surface area contributed by atoms with Crippen LogP contribution in [0.1, 0.15) is 32.6 Å². The number of carbonyl (C=O) groups excluding carboxylic acids is 1. The highest BCUT2D eigenvalue weighted by Gasteiger charge is 2.37. The topological polar surface area (TPSA) is 115 Å². The number of hydrogen-bond acceptors (Lipinski definition) is 4. The van der Waals surface area contributed by atoms with Gasteiger partial charge in [0, 0.05) is 6.54 Å². The highest BCUT2D eigenvalue weighted by Crippen LogP contribution is 2.30. The van der Waals surface area contributed by atoms with Crippen molar-refractivity contribution in [1.29, 1.82) is 0 Å². The van der Waals surface area contributed by atoms with Gasteiger partial charge >= 0.3 is 0 Å². The highest BCUT2D eigenvalue weighted by atomic mass is 32.2. The quantitative estimate of drug-likeness (QED) is 0.622. The Balaban J connectivity index is 2.46. The number of rotatable bonds is 4. The van der Waals surface area contributed by atoms with Gasteiger partial charge in [0.1, 0.15) is 0 Å². The molecule has 100 valence electrons. The summed E-state index contributed by atoms with van der Waals surface area (Å²) in [6.45, 7) is 2.09. The lowest BCUT2D eigenvalue weighted by atomic mass is 9.76. The van der Waals surface area contributed by atoms with E-state index in [0.717, 1.165) is 12.8 Å². The van der Waals surface area contributed by atoms with Crippen molar-refractivity contribution in [3.8, 4) is 0 Å². The number of carbonyl (C=O) groups is 1. The normalized spacial score (nSPS) is 29.9. The second-order valence-electron chi connectivity index (χ2n) is 4.98. The van der Waals surface area contributed by atoms with E-state index in [-0.39, 0.29) is 18.2 Å². The van der Waals surface area contributed by atoms with Crippen molar-refractivity contribution in [2.45, 2.75) is 38.1 Å². The first-order chi connectivity index (χ1) is 7.73. The smallest absolute Gasteiger partial charge is 0.240 e. The molecule has 0 saturated heterocycles. The molecular weight excluding hydrogens is 242 g/mol. The van der Waals surface area contributed by atoms with Gasteiger partial charge in [0.25, 0.3) is 0 Å². The molecule has 6 nitrogen and oxygen atoms in total. The summed E-state index contributed by atoms with van der Waals surface area (Å²) < 4.78 is 21.4. The van der Waals surface area contributed by atoms with Crippen molar-refractivity contribution in [3.63, 3.8) is 0 Å². The van der Waals surface area contributed by atoms with E-state index in [1.54, 1.807) is 0 Å². The fraction of sp³-hybridized carbons (Fsp3) is 0.900. The van der Waals surface area contributed by atoms with Crippen LogP contribution in [0.3, 0.4) is 0 Å². The second-order valence-corrected chi connectivity index (χ2v) is 6.71. The summed E-state index contributed by atoms with van der Waals surface area (Å²) in [5.74, 6) is -0.102. The van der Waals surface area contributed by atoms with E-state index in [2.05, 4.69) is 12.2 Å². The zero-order valence-corrected chi connectivity index (χ0v) is 10.9. The molecule has 0 radical (unpaired) electrons. The second kappa shape index (κ2) is 5.32. The van der Waals surface area contributed by atoms with E-state index in [0.29, 0.717) is 18.8 Å². The lowest BCUT2D eigenvalue weighted by Gasteiger charge is -2.35. The summed E-state index contributed by atoms with van der Waals surface area (Å²) in [5.41, 5.74) is 5.20. The van der Waals surface area contributed by atoms with Gasteiger partial charge in [0.05, 0.1) is 11.3 Å². The van der Waals surface area contributed by atoms with Crippen molar-refractivity contribution in [2.75, 3.05) is 12.3 Å². The molecule has 1 fully saturated rings. The minimum Gasteiger partial charge on any atom is -0.353 e. The van der Waals surface area contributed by atoms with Gasteiger partial charge in [-0.1, -0.05) is 19.8 Å². The lowest BCUT2D eigenvalue weighted by molar-refractivity contribution is -0.127. The van der Waals surface area contributed by atoms with Crippen LogP contribution in [0.4, 0.5) is 0 Å². The molecule has 0 aromatic carbocycles. The Hall–Kier alpha value is -0.660. The molecule has 1 aliphatic carbocycles. The third kappa shape index (κ3) is 4.61. The first-order valence-corrected chi connectivity index (χ1v) is 7.52. The molecule has 0 heterocycles. The first kappa shape index (κ1) is 14.4. The predicted molar refractivity (Wildman–Crippen MR) is 65.5 cm³/mol. The predicted octanol–water partition coefficient (Wildman–Crippen LogP) is -0.701. The Morgan fingerprint density at radius 2 is 2.18 bits per heavy atom. The summed E-state index contributed by atoms with van der Waals surface area (Å²) in [7, 11) is -3.54. The molecule has 17 heavy (non-hydrogen) atoms. The highest BCUT2D eigenvalue weighted by molar-refractivity contribution is 7.89. The van der Waals surface area contributed by atoms with Crippen molar-refractivity contribution in [3.05, 3.63) is 0 Å². The third-order valence-corrected chi connectivity index (χ3v) is 3.93. The van der Waals surface area contributed by atoms with Crippen LogP contribution in [0.2, 0.25) is 0 Å². The molecule has 2 atom stereocenters. The van der Waals surface area contributed by atoms with Crippen LogP contribution in [0.15, 0.2) is 0 Å². The van der Waals surface area contributed by atoms with Gasteiger partial charge in [-0.2, -0.15) is 0 Å². The molecule has 2 unspecified atom stereocenters. The van der Waals surface area contributed by atoms with Crippen LogP contribution in [-0.2, 0) is 14.8 Å². The van der Waals surface area contributed by atoms with Crippen LogP contribution in [0, 0.1) is 5.92 Å². The molecule has 1 aliphatic rings. The molecule has 1 rings (SSSR count). The van der Waals surface area contributed by atoms with Crippen LogP contribution in [0.25, 0.3) is 0 Å². The Morgan fingerprint density at radius 1 is 1.53 bits per heavy atom. The zero-order valence-electron chi connectivity index (χ0n) is 10.1. The molecular formula is C10H21N3O3S. The number of nitrogens with one attached hydrogen (secondary N) is 1. The molecule has 0 bridgehead atoms. The van der Waals surface area contributed by atoms with E-state index >= 15 is 0 Å². The SMILES string of the molecule is CC1CCCC(N)(C(=O)NCCS(N)(=O)=O)C1. The molecule has 1 amide bonds. The summed E-state index contributed by atoms with van der Waals surface area (Å²) in [5, 5.41) is 7.39. The van der Waals surface area contributed by atoms with Crippen molar-refractivity contribution < 1.29 is 13.2 Å². The zero-order chi connectivity index (χ0) is 13.1. The standard InChI is InChI=1S/C10H21N3O3S/c1-8-3-2-4-10(11,7-8)9(14)13-5-6-17(12,15)16/h8H,2-7,11H2,1H3,(H,13,14)(H2,12,15,16). The number of primary sulfonamides is 1. The molecule has 0 aromatic heterocycles. The van der Waals surface area contributed by atoms with Crippen LogP contribution >= 0.6 is 0 Å². The van der Waals surface area contributed by atoms with Gasteiger partial charge in [-0.25, -0.2) is 13.6 Å². The van der Waals surface area contributed by atoms with E-state index in [1.165, 1.54) is 0 Å². The largest absolute Gasteiger partial charge is 0.353 e. The number of amides is 1. The molecule has 0 aromatic rings. The minimum absolute atomic E-state index is 0.0188. The number of hydrogen-bond donors (Lipinski definition) is 3. The van der Waals surface area contributed by atoms with E-state index < -0.39 is 15.6 Å². The Bertz CT molecular complexity index is 382. The molecule has 7 heteroatoms. The van der Waals surface area contributed by atoms with Gasteiger partial charge in [-0.05, 0) is 18.8 Å². The summed E-state index contributed by atoms with van der Waals surface area (Å²) in [4.78, 5) is 11.9. The maximum Gasteiger partial charge on any atom is 0.240 e. The Kier molecular flexibility index (Phi) is 4.51. The number of nitrogens with two attached hydrogens (primary N) is 2. The van der Waals surface area contributed by atoms with E-state index in [9.17, 15) is 13.2 Å². The number of sulfonamides is 1. The summed E-state index contributed by atoms with van der Waals surface area (Å²) >= 11 is 0. The van der Waals surface area contributed by atoms with Crippen LogP contribution in [-0.4, -0.2) is 32.2 Å². The minimum atomic E-state index is -3.54. The monoisotopic (exact) mass is 263 g/mol. The molecule has 0 spiro atoms. The Labute approximate surface area is 102 Å². The molecule has 0 aliphatic heterocycles. The molecule has 1 saturated carbocycles. The Morgan fingerprint density at radius 3 is 2.71 bits per heavy atom. The average molecular weight is 263 g/mol. The maximum absolute atomic E-state index is 11.9. The van der Waals surface area contributed by atoms with Crippen LogP contribution in [0.5, 0.6) is 0 Å². The third-order valence-electron chi connectivity index (χ3n) is 3.16. The maximum atomic E-state index is 11.9. The molecule has 5 N–H and O–H groups in total. The van der Waals surface area contributed by atoms with E-state index in [1.807, 2.05) is 0 Å². The lowest BCUT2D eigenvalue weighted by Crippen LogP contribution is -2.56. The fourth-order valence-corrected chi connectivity index (χ4v) is 2.67. The summed E-state index contributed by atoms with van der Waals surface area (Å²) in [6.07, 6.45) is 3.32. The van der Waals surface area contributed by atoms with E-state index in [4.69, 9.17) is 10.9 Å². The average Bonchev–Trinajstić information content (AvgIpc) is 2.15. The van der Waals surface area contributed by atoms with Gasteiger partial charge in [0.2, 0.25) is 15.9 Å². The van der Waals surface area contributed by atoms with Crippen molar-refractivity contribution >= 4 is 15.9 Å².